The van der Waals surface area contributed by atoms with Crippen LogP contribution in [-0.2, 0) is 0 Å². The molecule has 1 unspecified atom stereocenters. The first-order valence-corrected chi connectivity index (χ1v) is 6.61. The van der Waals surface area contributed by atoms with Gasteiger partial charge in [-0.2, -0.15) is 0 Å². The van der Waals surface area contributed by atoms with Crippen molar-refractivity contribution in [2.45, 2.75) is 21.5 Å². The van der Waals surface area contributed by atoms with Gasteiger partial charge in [-0.15, -0.1) is 34.8 Å². The van der Waals surface area contributed by atoms with Crippen molar-refractivity contribution in [2.24, 2.45) is 5.92 Å². The SMILES string of the molecule is ClC1=C[C@@]2(Cl)C[C@@H](CBr)[C@]1(Cl)C2Cl. The van der Waals surface area contributed by atoms with E-state index < -0.39 is 9.75 Å². The summed E-state index contributed by atoms with van der Waals surface area (Å²) in [4.78, 5) is -1.20. The van der Waals surface area contributed by atoms with E-state index >= 15 is 0 Å². The Morgan fingerprint density at radius 1 is 1.54 bits per heavy atom. The average molecular weight is 325 g/mol. The molecule has 0 nitrogen and oxygen atoms in total. The molecule has 2 aliphatic rings. The standard InChI is InChI=1S/C8H7BrCl4/c9-3-4-1-7(12)2-5(10)8(4,13)6(7)11/h2,4,6H,1,3H2/t4-,6?,7-,8+/m0/s1. The second-order valence-electron chi connectivity index (χ2n) is 3.60. The molecule has 1 fully saturated rings. The van der Waals surface area contributed by atoms with Gasteiger partial charge in [0.15, 0.2) is 0 Å². The van der Waals surface area contributed by atoms with Crippen molar-refractivity contribution in [2.75, 3.05) is 5.33 Å². The number of halogens is 5. The molecule has 0 N–H and O–H groups in total. The molecule has 4 atom stereocenters. The van der Waals surface area contributed by atoms with E-state index in [9.17, 15) is 0 Å². The maximum absolute atomic E-state index is 6.41. The molecule has 0 radical (unpaired) electrons. The van der Waals surface area contributed by atoms with Gasteiger partial charge >= 0.3 is 0 Å². The largest absolute Gasteiger partial charge is 0.118 e. The highest BCUT2D eigenvalue weighted by Crippen LogP contribution is 2.63. The Hall–Kier alpha value is 1.38. The van der Waals surface area contributed by atoms with Gasteiger partial charge < -0.3 is 0 Å². The topological polar surface area (TPSA) is 0 Å². The molecule has 1 saturated carbocycles. The van der Waals surface area contributed by atoms with Crippen LogP contribution in [0.15, 0.2) is 11.1 Å². The number of hydrogen-bond acceptors (Lipinski definition) is 0. The summed E-state index contributed by atoms with van der Waals surface area (Å²) in [5.41, 5.74) is 0. The predicted molar refractivity (Wildman–Crippen MR) is 62.6 cm³/mol. The molecule has 0 aromatic carbocycles. The van der Waals surface area contributed by atoms with E-state index in [0.717, 1.165) is 11.8 Å². The van der Waals surface area contributed by atoms with Crippen LogP contribution in [0.1, 0.15) is 6.42 Å². The maximum Gasteiger partial charge on any atom is 0.102 e. The van der Waals surface area contributed by atoms with Crippen LogP contribution in [0.25, 0.3) is 0 Å². The molecule has 0 amide bonds. The highest BCUT2D eigenvalue weighted by Gasteiger charge is 2.65. The molecule has 13 heavy (non-hydrogen) atoms. The first-order chi connectivity index (χ1) is 5.95. The van der Waals surface area contributed by atoms with Crippen LogP contribution < -0.4 is 0 Å². The summed E-state index contributed by atoms with van der Waals surface area (Å²) >= 11 is 28.4. The molecule has 2 bridgehead atoms. The minimum Gasteiger partial charge on any atom is -0.118 e. The molecular weight excluding hydrogens is 318 g/mol. The zero-order chi connectivity index (χ0) is 9.85. The Morgan fingerprint density at radius 2 is 2.15 bits per heavy atom. The summed E-state index contributed by atoms with van der Waals surface area (Å²) in [6.45, 7) is 0. The maximum atomic E-state index is 6.41. The van der Waals surface area contributed by atoms with E-state index in [-0.39, 0.29) is 11.3 Å². The van der Waals surface area contributed by atoms with Crippen molar-refractivity contribution >= 4 is 62.3 Å². The molecule has 0 heterocycles. The first kappa shape index (κ1) is 10.9. The van der Waals surface area contributed by atoms with Crippen LogP contribution in [0.3, 0.4) is 0 Å². The third kappa shape index (κ3) is 1.24. The van der Waals surface area contributed by atoms with Gasteiger partial charge in [-0.05, 0) is 18.4 Å². The molecule has 2 rings (SSSR count). The van der Waals surface area contributed by atoms with Gasteiger partial charge in [0.2, 0.25) is 0 Å². The summed E-state index contributed by atoms with van der Waals surface area (Å²) < 4.78 is 0. The molecule has 74 valence electrons. The summed E-state index contributed by atoms with van der Waals surface area (Å²) in [5, 5.41) is 1.07. The van der Waals surface area contributed by atoms with Gasteiger partial charge in [0.05, 0.1) is 10.3 Å². The summed E-state index contributed by atoms with van der Waals surface area (Å²) in [5.74, 6) is 0.215. The van der Waals surface area contributed by atoms with Crippen molar-refractivity contribution in [3.63, 3.8) is 0 Å². The fourth-order valence-corrected chi connectivity index (χ4v) is 4.99. The van der Waals surface area contributed by atoms with Crippen LogP contribution >= 0.6 is 62.3 Å². The average Bonchev–Trinajstić information content (AvgIpc) is 2.36. The zero-order valence-electron chi connectivity index (χ0n) is 6.54. The monoisotopic (exact) mass is 322 g/mol. The number of rotatable bonds is 1. The first-order valence-electron chi connectivity index (χ1n) is 3.92. The Labute approximate surface area is 106 Å². The van der Waals surface area contributed by atoms with Gasteiger partial charge in [-0.25, -0.2) is 0 Å². The number of hydrogen-bond donors (Lipinski definition) is 0. The van der Waals surface area contributed by atoms with Crippen LogP contribution in [0.4, 0.5) is 0 Å². The fourth-order valence-electron chi connectivity index (χ4n) is 2.12. The van der Waals surface area contributed by atoms with Crippen LogP contribution in [0.5, 0.6) is 0 Å². The lowest BCUT2D eigenvalue weighted by Gasteiger charge is -2.28. The lowest BCUT2D eigenvalue weighted by Crippen LogP contribution is -2.35. The Morgan fingerprint density at radius 3 is 2.46 bits per heavy atom. The minimum atomic E-state index is -0.658. The zero-order valence-corrected chi connectivity index (χ0v) is 11.1. The highest BCUT2D eigenvalue weighted by atomic mass is 79.9. The second-order valence-corrected chi connectivity index (χ2v) is 6.43. The van der Waals surface area contributed by atoms with Gasteiger partial charge in [0, 0.05) is 10.4 Å². The number of allylic oxidation sites excluding steroid dienone is 2. The van der Waals surface area contributed by atoms with Crippen LogP contribution in [0, 0.1) is 5.92 Å². The molecule has 0 aliphatic heterocycles. The third-order valence-corrected chi connectivity index (χ3v) is 6.33. The van der Waals surface area contributed by atoms with Crippen LogP contribution in [-0.4, -0.2) is 20.5 Å². The lowest BCUT2D eigenvalue weighted by molar-refractivity contribution is 0.530. The Kier molecular flexibility index (Phi) is 2.67. The van der Waals surface area contributed by atoms with Crippen molar-refractivity contribution in [1.29, 1.82) is 0 Å². The van der Waals surface area contributed by atoms with E-state index in [4.69, 9.17) is 46.4 Å². The molecule has 5 heteroatoms. The fraction of sp³-hybridized carbons (Fsp3) is 0.750. The van der Waals surface area contributed by atoms with E-state index in [1.165, 1.54) is 0 Å². The molecule has 0 spiro atoms. The van der Waals surface area contributed by atoms with E-state index in [2.05, 4.69) is 15.9 Å². The highest BCUT2D eigenvalue weighted by molar-refractivity contribution is 9.09. The lowest BCUT2D eigenvalue weighted by atomic mass is 9.94. The molecule has 0 saturated heterocycles. The normalized spacial score (nSPS) is 54.1. The Bertz CT molecular complexity index is 279. The van der Waals surface area contributed by atoms with Crippen molar-refractivity contribution in [3.8, 4) is 0 Å². The number of alkyl halides is 4. The van der Waals surface area contributed by atoms with E-state index in [1.54, 1.807) is 6.08 Å². The van der Waals surface area contributed by atoms with Crippen LogP contribution in [0.2, 0.25) is 0 Å². The number of fused-ring (bicyclic) bond motifs is 2. The summed E-state index contributed by atoms with van der Waals surface area (Å²) in [6, 6.07) is 0. The van der Waals surface area contributed by atoms with Crippen molar-refractivity contribution in [1.82, 2.24) is 0 Å². The summed E-state index contributed by atoms with van der Waals surface area (Å²) in [6.07, 6.45) is 2.58. The quantitative estimate of drug-likeness (QED) is 0.637. The van der Waals surface area contributed by atoms with Gasteiger partial charge in [-0.3, -0.25) is 0 Å². The van der Waals surface area contributed by atoms with Crippen molar-refractivity contribution in [3.05, 3.63) is 11.1 Å². The van der Waals surface area contributed by atoms with Gasteiger partial charge in [0.25, 0.3) is 0 Å². The molecule has 0 aromatic rings. The van der Waals surface area contributed by atoms with E-state index in [0.29, 0.717) is 5.03 Å². The molecule has 0 aromatic heterocycles. The molecule has 2 aliphatic carbocycles. The molecular formula is C8H7BrCl4. The van der Waals surface area contributed by atoms with E-state index in [1.807, 2.05) is 0 Å². The predicted octanol–water partition coefficient (Wildman–Crippen LogP) is 4.10. The second kappa shape index (κ2) is 3.18. The van der Waals surface area contributed by atoms with Gasteiger partial charge in [0.1, 0.15) is 4.87 Å². The Balaban J connectivity index is 2.46. The minimum absolute atomic E-state index is 0.215. The van der Waals surface area contributed by atoms with Gasteiger partial charge in [-0.1, -0.05) is 27.5 Å². The van der Waals surface area contributed by atoms with Crippen molar-refractivity contribution < 1.29 is 0 Å². The third-order valence-electron chi connectivity index (χ3n) is 2.86. The summed E-state index contributed by atoms with van der Waals surface area (Å²) in [7, 11) is 0. The smallest absolute Gasteiger partial charge is 0.102 e.